The summed E-state index contributed by atoms with van der Waals surface area (Å²) in [5, 5.41) is 12.0. The molecular formula is C13H17FN2O3. The predicted molar refractivity (Wildman–Crippen MR) is 69.8 cm³/mol. The lowest BCUT2D eigenvalue weighted by Gasteiger charge is -2.16. The van der Waals surface area contributed by atoms with Crippen LogP contribution in [0.2, 0.25) is 0 Å². The Morgan fingerprint density at radius 1 is 1.53 bits per heavy atom. The summed E-state index contributed by atoms with van der Waals surface area (Å²) in [5.74, 6) is -1.70. The molecule has 1 aromatic rings. The van der Waals surface area contributed by atoms with Crippen molar-refractivity contribution in [3.63, 3.8) is 0 Å². The van der Waals surface area contributed by atoms with Crippen molar-refractivity contribution in [3.05, 3.63) is 23.5 Å². The van der Waals surface area contributed by atoms with Crippen LogP contribution in [0, 0.1) is 5.82 Å². The molecule has 1 aliphatic carbocycles. The van der Waals surface area contributed by atoms with Gasteiger partial charge in [-0.15, -0.1) is 0 Å². The van der Waals surface area contributed by atoms with Gasteiger partial charge in [-0.05, 0) is 31.4 Å². The first-order chi connectivity index (χ1) is 9.01. The van der Waals surface area contributed by atoms with Crippen LogP contribution in [0.3, 0.4) is 0 Å². The van der Waals surface area contributed by atoms with Crippen LogP contribution in [0.5, 0.6) is 0 Å². The van der Waals surface area contributed by atoms with Crippen molar-refractivity contribution in [2.75, 3.05) is 18.2 Å². The van der Waals surface area contributed by atoms with Crippen LogP contribution >= 0.6 is 0 Å². The molecule has 104 valence electrons. The number of hydrogen-bond donors (Lipinski definition) is 3. The van der Waals surface area contributed by atoms with Crippen molar-refractivity contribution >= 4 is 17.3 Å². The minimum atomic E-state index is -1.17. The molecule has 0 radical (unpaired) electrons. The summed E-state index contributed by atoms with van der Waals surface area (Å²) in [4.78, 5) is 11.0. The fourth-order valence-electron chi connectivity index (χ4n) is 2.39. The molecule has 0 aromatic heterocycles. The van der Waals surface area contributed by atoms with E-state index in [-0.39, 0.29) is 29.1 Å². The first-order valence-electron chi connectivity index (χ1n) is 6.13. The zero-order chi connectivity index (χ0) is 14.0. The van der Waals surface area contributed by atoms with Gasteiger partial charge in [-0.3, -0.25) is 0 Å². The maximum Gasteiger partial charge on any atom is 0.337 e. The van der Waals surface area contributed by atoms with Gasteiger partial charge in [0.15, 0.2) is 0 Å². The molecule has 0 aliphatic heterocycles. The van der Waals surface area contributed by atoms with Crippen LogP contribution in [0.15, 0.2) is 12.1 Å². The van der Waals surface area contributed by atoms with Crippen LogP contribution in [0.4, 0.5) is 15.8 Å². The average molecular weight is 268 g/mol. The standard InChI is InChI=1S/C13H17FN2O3/c1-19-8-3-2-7(4-8)16-12-5-9(13(17)18)11(15)6-10(12)14/h5-8,16H,2-4,15H2,1H3,(H,17,18). The van der Waals surface area contributed by atoms with Gasteiger partial charge in [0, 0.05) is 18.8 Å². The molecule has 19 heavy (non-hydrogen) atoms. The van der Waals surface area contributed by atoms with E-state index in [0.717, 1.165) is 25.3 Å². The number of rotatable bonds is 4. The highest BCUT2D eigenvalue weighted by Crippen LogP contribution is 2.28. The number of nitrogens with one attached hydrogen (secondary N) is 1. The second-order valence-corrected chi connectivity index (χ2v) is 4.74. The van der Waals surface area contributed by atoms with Crippen molar-refractivity contribution in [3.8, 4) is 0 Å². The van der Waals surface area contributed by atoms with Gasteiger partial charge < -0.3 is 20.9 Å². The molecule has 4 N–H and O–H groups in total. The molecule has 1 aromatic carbocycles. The monoisotopic (exact) mass is 268 g/mol. The Labute approximate surface area is 110 Å². The number of halogens is 1. The number of carboxylic acids is 1. The molecule has 2 unspecified atom stereocenters. The predicted octanol–water partition coefficient (Wildman–Crippen LogP) is 2.09. The highest BCUT2D eigenvalue weighted by atomic mass is 19.1. The largest absolute Gasteiger partial charge is 0.478 e. The topological polar surface area (TPSA) is 84.6 Å². The van der Waals surface area contributed by atoms with Gasteiger partial charge in [-0.2, -0.15) is 0 Å². The van der Waals surface area contributed by atoms with Crippen LogP contribution < -0.4 is 11.1 Å². The first-order valence-corrected chi connectivity index (χ1v) is 6.13. The summed E-state index contributed by atoms with van der Waals surface area (Å²) in [7, 11) is 1.65. The maximum absolute atomic E-state index is 13.8. The number of anilines is 2. The molecule has 2 atom stereocenters. The Balaban J connectivity index is 2.16. The normalized spacial score (nSPS) is 22.4. The fraction of sp³-hybridized carbons (Fsp3) is 0.462. The lowest BCUT2D eigenvalue weighted by molar-refractivity contribution is 0.0698. The third-order valence-electron chi connectivity index (χ3n) is 3.45. The van der Waals surface area contributed by atoms with E-state index in [9.17, 15) is 9.18 Å². The number of hydrogen-bond acceptors (Lipinski definition) is 4. The Kier molecular flexibility index (Phi) is 3.90. The Bertz CT molecular complexity index is 493. The lowest BCUT2D eigenvalue weighted by atomic mass is 10.1. The summed E-state index contributed by atoms with van der Waals surface area (Å²) < 4.78 is 19.0. The molecular weight excluding hydrogens is 251 g/mol. The van der Waals surface area contributed by atoms with Crippen molar-refractivity contribution in [2.24, 2.45) is 0 Å². The second-order valence-electron chi connectivity index (χ2n) is 4.74. The van der Waals surface area contributed by atoms with E-state index in [1.807, 2.05) is 0 Å². The Morgan fingerprint density at radius 2 is 2.26 bits per heavy atom. The number of nitrogens with two attached hydrogens (primary N) is 1. The highest BCUT2D eigenvalue weighted by Gasteiger charge is 2.25. The minimum absolute atomic E-state index is 0.0725. The van der Waals surface area contributed by atoms with Crippen molar-refractivity contribution in [1.82, 2.24) is 0 Å². The lowest BCUT2D eigenvalue weighted by Crippen LogP contribution is -2.18. The molecule has 1 aliphatic rings. The number of methoxy groups -OCH3 is 1. The van der Waals surface area contributed by atoms with E-state index in [2.05, 4.69) is 5.32 Å². The van der Waals surface area contributed by atoms with E-state index in [1.165, 1.54) is 6.07 Å². The van der Waals surface area contributed by atoms with E-state index >= 15 is 0 Å². The number of carboxylic acid groups (broad SMARTS) is 1. The summed E-state index contributed by atoms with van der Waals surface area (Å²) in [6, 6.07) is 2.37. The highest BCUT2D eigenvalue weighted by molar-refractivity contribution is 5.94. The quantitative estimate of drug-likeness (QED) is 0.728. The van der Waals surface area contributed by atoms with Gasteiger partial charge in [0.25, 0.3) is 0 Å². The summed E-state index contributed by atoms with van der Waals surface area (Å²) in [6.07, 6.45) is 2.73. The van der Waals surface area contributed by atoms with Crippen LogP contribution in [0.1, 0.15) is 29.6 Å². The summed E-state index contributed by atoms with van der Waals surface area (Å²) in [6.45, 7) is 0. The maximum atomic E-state index is 13.8. The van der Waals surface area contributed by atoms with Crippen LogP contribution in [-0.2, 0) is 4.74 Å². The molecule has 1 fully saturated rings. The third kappa shape index (κ3) is 2.96. The first kappa shape index (κ1) is 13.6. The van der Waals surface area contributed by atoms with Gasteiger partial charge >= 0.3 is 5.97 Å². The summed E-state index contributed by atoms with van der Waals surface area (Å²) >= 11 is 0. The number of ether oxygens (including phenoxy) is 1. The SMILES string of the molecule is COC1CCC(Nc2cc(C(=O)O)c(N)cc2F)C1. The number of nitrogen functional groups attached to an aromatic ring is 1. The van der Waals surface area contributed by atoms with Crippen molar-refractivity contribution in [1.29, 1.82) is 0 Å². The minimum Gasteiger partial charge on any atom is -0.478 e. The van der Waals surface area contributed by atoms with E-state index in [4.69, 9.17) is 15.6 Å². The van der Waals surface area contributed by atoms with Crippen LogP contribution in [0.25, 0.3) is 0 Å². The fourth-order valence-corrected chi connectivity index (χ4v) is 2.39. The number of benzene rings is 1. The van der Waals surface area contributed by atoms with Crippen molar-refractivity contribution in [2.45, 2.75) is 31.4 Å². The molecule has 6 heteroatoms. The van der Waals surface area contributed by atoms with Gasteiger partial charge in [0.1, 0.15) is 5.82 Å². The number of aromatic carboxylic acids is 1. The number of carbonyl (C=O) groups is 1. The Hall–Kier alpha value is -1.82. The zero-order valence-electron chi connectivity index (χ0n) is 10.6. The van der Waals surface area contributed by atoms with Gasteiger partial charge in [0.05, 0.1) is 17.4 Å². The molecule has 0 spiro atoms. The molecule has 5 nitrogen and oxygen atoms in total. The third-order valence-corrected chi connectivity index (χ3v) is 3.45. The van der Waals surface area contributed by atoms with E-state index in [1.54, 1.807) is 7.11 Å². The van der Waals surface area contributed by atoms with Crippen molar-refractivity contribution < 1.29 is 19.0 Å². The second kappa shape index (κ2) is 5.44. The molecule has 2 rings (SSSR count). The van der Waals surface area contributed by atoms with E-state index in [0.29, 0.717) is 0 Å². The van der Waals surface area contributed by atoms with Gasteiger partial charge in [-0.25, -0.2) is 9.18 Å². The molecule has 0 bridgehead atoms. The smallest absolute Gasteiger partial charge is 0.337 e. The molecule has 0 heterocycles. The van der Waals surface area contributed by atoms with Gasteiger partial charge in [-0.1, -0.05) is 0 Å². The van der Waals surface area contributed by atoms with Crippen LogP contribution in [-0.4, -0.2) is 30.3 Å². The average Bonchev–Trinajstić information content (AvgIpc) is 2.80. The van der Waals surface area contributed by atoms with Gasteiger partial charge in [0.2, 0.25) is 0 Å². The molecule has 0 saturated heterocycles. The Morgan fingerprint density at radius 3 is 2.84 bits per heavy atom. The summed E-state index contributed by atoms with van der Waals surface area (Å²) in [5.41, 5.74) is 5.48. The zero-order valence-corrected chi connectivity index (χ0v) is 10.6. The molecule has 0 amide bonds. The van der Waals surface area contributed by atoms with E-state index < -0.39 is 11.8 Å². The molecule has 1 saturated carbocycles.